The third-order valence-electron chi connectivity index (χ3n) is 3.99. The smallest absolute Gasteiger partial charge is 0.240 e. The van der Waals surface area contributed by atoms with Gasteiger partial charge in [-0.15, -0.1) is 0 Å². The van der Waals surface area contributed by atoms with Gasteiger partial charge in [-0.05, 0) is 25.3 Å². The molecule has 1 aliphatic heterocycles. The fraction of sp³-hybridized carbons (Fsp3) is 0.375. The minimum atomic E-state index is -0.473. The Kier molecular flexibility index (Phi) is 4.76. The van der Waals surface area contributed by atoms with Crippen LogP contribution < -0.4 is 5.73 Å². The maximum Gasteiger partial charge on any atom is 0.240 e. The first kappa shape index (κ1) is 15.7. The van der Waals surface area contributed by atoms with Crippen molar-refractivity contribution in [2.45, 2.75) is 30.3 Å². The van der Waals surface area contributed by atoms with E-state index < -0.39 is 11.9 Å². The van der Waals surface area contributed by atoms with Gasteiger partial charge in [-0.3, -0.25) is 9.59 Å². The molecule has 2 heterocycles. The van der Waals surface area contributed by atoms with Crippen LogP contribution in [0.25, 0.3) is 10.9 Å². The molecule has 3 rings (SSSR count). The van der Waals surface area contributed by atoms with Crippen LogP contribution in [0.4, 0.5) is 0 Å². The number of piperidine rings is 1. The first-order chi connectivity index (χ1) is 11.2. The van der Waals surface area contributed by atoms with Gasteiger partial charge in [0.2, 0.25) is 11.8 Å². The van der Waals surface area contributed by atoms with Crippen molar-refractivity contribution < 1.29 is 9.59 Å². The summed E-state index contributed by atoms with van der Waals surface area (Å²) in [5.41, 5.74) is 6.27. The summed E-state index contributed by atoms with van der Waals surface area (Å²) in [7, 11) is 0. The zero-order valence-electron chi connectivity index (χ0n) is 12.6. The molecule has 6 nitrogen and oxygen atoms in total. The summed E-state index contributed by atoms with van der Waals surface area (Å²) in [6, 6.07) is 7.22. The molecular formula is C16H18N4O2S. The Morgan fingerprint density at radius 3 is 2.91 bits per heavy atom. The van der Waals surface area contributed by atoms with E-state index in [4.69, 9.17) is 5.73 Å². The molecule has 2 aromatic rings. The van der Waals surface area contributed by atoms with E-state index in [1.54, 1.807) is 4.90 Å². The van der Waals surface area contributed by atoms with Crippen molar-refractivity contribution in [1.29, 1.82) is 0 Å². The highest BCUT2D eigenvalue weighted by atomic mass is 32.2. The molecule has 0 radical (unpaired) electrons. The van der Waals surface area contributed by atoms with E-state index >= 15 is 0 Å². The van der Waals surface area contributed by atoms with Gasteiger partial charge in [0, 0.05) is 11.9 Å². The second kappa shape index (κ2) is 6.95. The van der Waals surface area contributed by atoms with Crippen LogP contribution in [0.3, 0.4) is 0 Å². The number of likely N-dealkylation sites (tertiary alicyclic amines) is 1. The van der Waals surface area contributed by atoms with E-state index in [0.717, 1.165) is 28.8 Å². The van der Waals surface area contributed by atoms with Crippen molar-refractivity contribution in [3.05, 3.63) is 30.6 Å². The second-order valence-corrected chi connectivity index (χ2v) is 6.45. The Bertz CT molecular complexity index is 732. The second-order valence-electron chi connectivity index (χ2n) is 5.49. The monoisotopic (exact) mass is 330 g/mol. The number of carbonyl (C=O) groups is 2. The lowest BCUT2D eigenvalue weighted by atomic mass is 10.0. The average molecular weight is 330 g/mol. The summed E-state index contributed by atoms with van der Waals surface area (Å²) >= 11 is 1.37. The first-order valence-electron chi connectivity index (χ1n) is 7.58. The van der Waals surface area contributed by atoms with Gasteiger partial charge >= 0.3 is 0 Å². The molecule has 2 amide bonds. The molecule has 0 unspecified atom stereocenters. The third kappa shape index (κ3) is 3.44. The van der Waals surface area contributed by atoms with Gasteiger partial charge in [0.05, 0.1) is 11.3 Å². The van der Waals surface area contributed by atoms with Gasteiger partial charge in [-0.2, -0.15) is 0 Å². The summed E-state index contributed by atoms with van der Waals surface area (Å²) in [6.45, 7) is 0.595. The van der Waals surface area contributed by atoms with Crippen molar-refractivity contribution in [3.8, 4) is 0 Å². The number of fused-ring (bicyclic) bond motifs is 1. The number of nitrogens with two attached hydrogens (primary N) is 1. The van der Waals surface area contributed by atoms with Crippen LogP contribution in [-0.2, 0) is 9.59 Å². The molecule has 0 spiro atoms. The van der Waals surface area contributed by atoms with Crippen molar-refractivity contribution in [3.63, 3.8) is 0 Å². The molecular weight excluding hydrogens is 312 g/mol. The molecule has 0 saturated carbocycles. The minimum Gasteiger partial charge on any atom is -0.368 e. The van der Waals surface area contributed by atoms with Gasteiger partial charge in [0.15, 0.2) is 0 Å². The van der Waals surface area contributed by atoms with Crippen molar-refractivity contribution in [2.24, 2.45) is 5.73 Å². The molecule has 1 atom stereocenters. The molecule has 0 bridgehead atoms. The molecule has 1 aromatic carbocycles. The van der Waals surface area contributed by atoms with Crippen LogP contribution in [0, 0.1) is 0 Å². The van der Waals surface area contributed by atoms with Crippen molar-refractivity contribution in [2.75, 3.05) is 12.3 Å². The number of para-hydroxylation sites is 1. The SMILES string of the molecule is NC(=O)[C@H]1CCCCN1C(=O)CSc1ncnc2ccccc12. The van der Waals surface area contributed by atoms with Crippen LogP contribution in [0.1, 0.15) is 19.3 Å². The molecule has 1 saturated heterocycles. The number of hydrogen-bond acceptors (Lipinski definition) is 5. The first-order valence-corrected chi connectivity index (χ1v) is 8.56. The van der Waals surface area contributed by atoms with E-state index in [0.29, 0.717) is 13.0 Å². The molecule has 120 valence electrons. The Morgan fingerprint density at radius 2 is 2.09 bits per heavy atom. The number of rotatable bonds is 4. The molecule has 7 heteroatoms. The van der Waals surface area contributed by atoms with Crippen LogP contribution in [0.15, 0.2) is 35.6 Å². The van der Waals surface area contributed by atoms with Crippen molar-refractivity contribution in [1.82, 2.24) is 14.9 Å². The molecule has 1 aliphatic rings. The van der Waals surface area contributed by atoms with Gasteiger partial charge in [-0.25, -0.2) is 9.97 Å². The molecule has 1 fully saturated rings. The third-order valence-corrected chi connectivity index (χ3v) is 4.98. The maximum absolute atomic E-state index is 12.5. The molecule has 1 aromatic heterocycles. The Morgan fingerprint density at radius 1 is 1.26 bits per heavy atom. The standard InChI is InChI=1S/C16H18N4O2S/c17-15(22)13-7-3-4-8-20(13)14(21)9-23-16-11-5-1-2-6-12(11)18-10-19-16/h1-2,5-6,10,13H,3-4,7-9H2,(H2,17,22)/t13-/m1/s1. The molecule has 0 aliphatic carbocycles. The summed E-state index contributed by atoms with van der Waals surface area (Å²) < 4.78 is 0. The minimum absolute atomic E-state index is 0.0683. The Labute approximate surface area is 138 Å². The average Bonchev–Trinajstić information content (AvgIpc) is 2.59. The van der Waals surface area contributed by atoms with Crippen LogP contribution >= 0.6 is 11.8 Å². The number of thioether (sulfide) groups is 1. The topological polar surface area (TPSA) is 89.2 Å². The summed E-state index contributed by atoms with van der Waals surface area (Å²) in [4.78, 5) is 34.1. The van der Waals surface area contributed by atoms with E-state index in [1.807, 2.05) is 24.3 Å². The van der Waals surface area contributed by atoms with Crippen LogP contribution in [0.2, 0.25) is 0 Å². The largest absolute Gasteiger partial charge is 0.368 e. The Balaban J connectivity index is 1.71. The van der Waals surface area contributed by atoms with Crippen molar-refractivity contribution >= 4 is 34.5 Å². The van der Waals surface area contributed by atoms with E-state index in [2.05, 4.69) is 9.97 Å². The fourth-order valence-electron chi connectivity index (χ4n) is 2.83. The normalized spacial score (nSPS) is 18.1. The van der Waals surface area contributed by atoms with E-state index in [9.17, 15) is 9.59 Å². The van der Waals surface area contributed by atoms with Gasteiger partial charge in [-0.1, -0.05) is 30.0 Å². The highest BCUT2D eigenvalue weighted by molar-refractivity contribution is 8.00. The lowest BCUT2D eigenvalue weighted by Crippen LogP contribution is -2.51. The highest BCUT2D eigenvalue weighted by Crippen LogP contribution is 2.25. The zero-order chi connectivity index (χ0) is 16.2. The van der Waals surface area contributed by atoms with Crippen LogP contribution in [-0.4, -0.2) is 45.0 Å². The van der Waals surface area contributed by atoms with E-state index in [1.165, 1.54) is 18.1 Å². The predicted molar refractivity (Wildman–Crippen MR) is 88.8 cm³/mol. The number of hydrogen-bond donors (Lipinski definition) is 1. The van der Waals surface area contributed by atoms with Gasteiger partial charge in [0.1, 0.15) is 17.4 Å². The lowest BCUT2D eigenvalue weighted by Gasteiger charge is -2.33. The predicted octanol–water partition coefficient (Wildman–Crippen LogP) is 1.59. The highest BCUT2D eigenvalue weighted by Gasteiger charge is 2.30. The van der Waals surface area contributed by atoms with Gasteiger partial charge < -0.3 is 10.6 Å². The summed E-state index contributed by atoms with van der Waals surface area (Å²) in [6.07, 6.45) is 4.00. The number of amides is 2. The maximum atomic E-state index is 12.5. The zero-order valence-corrected chi connectivity index (χ0v) is 13.5. The summed E-state index contributed by atoms with van der Waals surface area (Å²) in [5, 5.41) is 1.70. The van der Waals surface area contributed by atoms with E-state index in [-0.39, 0.29) is 11.7 Å². The Hall–Kier alpha value is -2.15. The number of nitrogens with zero attached hydrogens (tertiary/aromatic N) is 3. The number of benzene rings is 1. The van der Waals surface area contributed by atoms with Crippen LogP contribution in [0.5, 0.6) is 0 Å². The molecule has 23 heavy (non-hydrogen) atoms. The quantitative estimate of drug-likeness (QED) is 0.679. The lowest BCUT2D eigenvalue weighted by molar-refractivity contribution is -0.138. The number of primary amides is 1. The summed E-state index contributed by atoms with van der Waals surface area (Å²) in [5.74, 6) is -0.248. The van der Waals surface area contributed by atoms with Gasteiger partial charge in [0.25, 0.3) is 0 Å². The number of aromatic nitrogens is 2. The molecule has 2 N–H and O–H groups in total. The fourth-order valence-corrected chi connectivity index (χ4v) is 3.71. The number of carbonyl (C=O) groups excluding carboxylic acids is 2.